The van der Waals surface area contributed by atoms with E-state index in [2.05, 4.69) is 185 Å². The van der Waals surface area contributed by atoms with Crippen molar-refractivity contribution in [3.63, 3.8) is 0 Å². The maximum atomic E-state index is 6.38. The lowest BCUT2D eigenvalue weighted by atomic mass is 9.99. The van der Waals surface area contributed by atoms with Crippen molar-refractivity contribution in [2.45, 2.75) is 0 Å². The topological polar surface area (TPSA) is 74.6 Å². The largest absolute Gasteiger partial charge is 0.435 e. The van der Waals surface area contributed by atoms with E-state index in [0.29, 0.717) is 23.5 Å². The van der Waals surface area contributed by atoms with E-state index >= 15 is 0 Å². The molecule has 0 amide bonds. The minimum atomic E-state index is 0.548. The summed E-state index contributed by atoms with van der Waals surface area (Å²) in [4.78, 5) is 20.6. The molecule has 0 aliphatic rings. The molecule has 10 aromatic carbocycles. The minimum Gasteiger partial charge on any atom is -0.435 e. The second kappa shape index (κ2) is 16.5. The lowest BCUT2D eigenvalue weighted by Crippen LogP contribution is -2.07. The highest BCUT2D eigenvalue weighted by Crippen LogP contribution is 2.42. The first kappa shape index (κ1) is 40.4. The van der Waals surface area contributed by atoms with Crippen LogP contribution in [0.2, 0.25) is 0 Å². The van der Waals surface area contributed by atoms with Crippen LogP contribution in [0, 0.1) is 0 Å². The van der Waals surface area contributed by atoms with Gasteiger partial charge >= 0.3 is 0 Å². The fourth-order valence-electron chi connectivity index (χ4n) is 10.3. The standard InChI is InChI=1S/C64H40N6O/c1-4-15-41(16-5-1)42-29-33-47(34-30-42)62-66-61(46-17-6-2-7-18-46)67-64(68-62)70-57-26-13-11-22-52(57)54-40-39-53-51-21-10-12-25-56(51)69(58(53)59(54)70)49-37-35-44(36-38-49)43-27-31-45(32-28-43)50-23-14-24-55-60(50)71-63(65-55)48-19-8-3-9-20-48/h1-40H. The fourth-order valence-corrected chi connectivity index (χ4v) is 10.3. The number of para-hydroxylation sites is 3. The molecule has 0 saturated carbocycles. The van der Waals surface area contributed by atoms with Crippen LogP contribution in [-0.4, -0.2) is 29.1 Å². The Morgan fingerprint density at radius 1 is 0.296 bits per heavy atom. The van der Waals surface area contributed by atoms with Crippen molar-refractivity contribution < 1.29 is 4.42 Å². The number of oxazole rings is 1. The number of hydrogen-bond acceptors (Lipinski definition) is 5. The lowest BCUT2D eigenvalue weighted by molar-refractivity contribution is 0.621. The summed E-state index contributed by atoms with van der Waals surface area (Å²) < 4.78 is 11.0. The third kappa shape index (κ3) is 6.82. The molecular formula is C64H40N6O. The van der Waals surface area contributed by atoms with Gasteiger partial charge < -0.3 is 8.98 Å². The van der Waals surface area contributed by atoms with Crippen LogP contribution in [0.25, 0.3) is 134 Å². The van der Waals surface area contributed by atoms with Gasteiger partial charge in [-0.3, -0.25) is 4.57 Å². The number of fused-ring (bicyclic) bond motifs is 8. The molecule has 0 radical (unpaired) electrons. The Morgan fingerprint density at radius 2 is 0.746 bits per heavy atom. The predicted molar refractivity (Wildman–Crippen MR) is 289 cm³/mol. The summed E-state index contributed by atoms with van der Waals surface area (Å²) in [5.74, 6) is 2.37. The number of hydrogen-bond donors (Lipinski definition) is 0. The molecule has 332 valence electrons. The molecule has 0 fully saturated rings. The third-order valence-corrected chi connectivity index (χ3v) is 13.7. The molecule has 0 unspecified atom stereocenters. The molecule has 0 atom stereocenters. The fraction of sp³-hybridized carbons (Fsp3) is 0. The van der Waals surface area contributed by atoms with Crippen LogP contribution < -0.4 is 0 Å². The van der Waals surface area contributed by atoms with Gasteiger partial charge in [-0.1, -0.05) is 200 Å². The summed E-state index contributed by atoms with van der Waals surface area (Å²) in [5.41, 5.74) is 16.3. The van der Waals surface area contributed by atoms with Crippen molar-refractivity contribution in [2.75, 3.05) is 0 Å². The molecule has 71 heavy (non-hydrogen) atoms. The Labute approximate surface area is 408 Å². The predicted octanol–water partition coefficient (Wildman–Crippen LogP) is 16.2. The lowest BCUT2D eigenvalue weighted by Gasteiger charge is -2.14. The highest BCUT2D eigenvalue weighted by molar-refractivity contribution is 6.23. The van der Waals surface area contributed by atoms with Gasteiger partial charge in [-0.25, -0.2) is 9.97 Å². The molecule has 4 aromatic heterocycles. The SMILES string of the molecule is c1ccc(-c2ccc(-c3nc(-c4ccccc4)nc(-n4c5ccccc5c5ccc6c7ccccc7n(-c7ccc(-c8ccc(-c9cccc%10nc(-c%11ccccc%11)oc9%10)cc8)cc7)c6c54)n3)cc2)cc1. The maximum Gasteiger partial charge on any atom is 0.238 e. The molecule has 0 saturated heterocycles. The van der Waals surface area contributed by atoms with E-state index in [4.69, 9.17) is 24.4 Å². The molecule has 0 N–H and O–H groups in total. The first-order valence-electron chi connectivity index (χ1n) is 23.8. The maximum absolute atomic E-state index is 6.38. The highest BCUT2D eigenvalue weighted by atomic mass is 16.3. The van der Waals surface area contributed by atoms with Crippen molar-refractivity contribution in [3.05, 3.63) is 243 Å². The van der Waals surface area contributed by atoms with Gasteiger partial charge in [0.2, 0.25) is 11.8 Å². The van der Waals surface area contributed by atoms with E-state index in [1.807, 2.05) is 66.7 Å². The van der Waals surface area contributed by atoms with Gasteiger partial charge in [0.15, 0.2) is 17.2 Å². The van der Waals surface area contributed by atoms with Crippen LogP contribution >= 0.6 is 0 Å². The highest BCUT2D eigenvalue weighted by Gasteiger charge is 2.24. The van der Waals surface area contributed by atoms with Gasteiger partial charge in [0.1, 0.15) is 5.52 Å². The Kier molecular flexibility index (Phi) is 9.38. The molecular weight excluding hydrogens is 869 g/mol. The summed E-state index contributed by atoms with van der Waals surface area (Å²) in [6.07, 6.45) is 0. The van der Waals surface area contributed by atoms with Gasteiger partial charge in [-0.05, 0) is 70.3 Å². The average Bonchev–Trinajstić information content (AvgIpc) is 4.15. The van der Waals surface area contributed by atoms with Crippen LogP contribution in [0.4, 0.5) is 0 Å². The van der Waals surface area contributed by atoms with E-state index in [-0.39, 0.29) is 0 Å². The number of rotatable bonds is 8. The molecule has 7 nitrogen and oxygen atoms in total. The summed E-state index contributed by atoms with van der Waals surface area (Å²) in [5, 5.41) is 4.54. The Morgan fingerprint density at radius 3 is 1.35 bits per heavy atom. The molecule has 4 heterocycles. The Hall–Kier alpha value is -9.72. The minimum absolute atomic E-state index is 0.548. The number of aromatic nitrogens is 6. The van der Waals surface area contributed by atoms with E-state index in [1.54, 1.807) is 0 Å². The zero-order valence-electron chi connectivity index (χ0n) is 38.2. The van der Waals surface area contributed by atoms with Gasteiger partial charge in [-0.15, -0.1) is 0 Å². The van der Waals surface area contributed by atoms with E-state index in [1.165, 1.54) is 5.39 Å². The van der Waals surface area contributed by atoms with Crippen molar-refractivity contribution in [1.82, 2.24) is 29.1 Å². The molecule has 0 aliphatic heterocycles. The summed E-state index contributed by atoms with van der Waals surface area (Å²) in [7, 11) is 0. The quantitative estimate of drug-likeness (QED) is 0.152. The smallest absolute Gasteiger partial charge is 0.238 e. The molecule has 0 aliphatic carbocycles. The van der Waals surface area contributed by atoms with Gasteiger partial charge in [0, 0.05) is 49.5 Å². The summed E-state index contributed by atoms with van der Waals surface area (Å²) in [6, 6.07) is 84.7. The molecule has 7 heteroatoms. The van der Waals surface area contributed by atoms with Crippen molar-refractivity contribution in [1.29, 1.82) is 0 Å². The second-order valence-electron chi connectivity index (χ2n) is 17.8. The van der Waals surface area contributed by atoms with Crippen LogP contribution in [-0.2, 0) is 0 Å². The number of benzene rings is 10. The molecule has 14 aromatic rings. The van der Waals surface area contributed by atoms with Crippen LogP contribution in [0.15, 0.2) is 247 Å². The number of nitrogens with zero attached hydrogens (tertiary/aromatic N) is 6. The zero-order chi connectivity index (χ0) is 46.8. The van der Waals surface area contributed by atoms with Crippen LogP contribution in [0.3, 0.4) is 0 Å². The normalized spacial score (nSPS) is 11.7. The van der Waals surface area contributed by atoms with Gasteiger partial charge in [0.05, 0.1) is 22.1 Å². The average molecular weight is 909 g/mol. The molecule has 0 spiro atoms. The third-order valence-electron chi connectivity index (χ3n) is 13.7. The van der Waals surface area contributed by atoms with Crippen molar-refractivity contribution in [3.8, 4) is 79.2 Å². The van der Waals surface area contributed by atoms with E-state index in [9.17, 15) is 0 Å². The van der Waals surface area contributed by atoms with Crippen molar-refractivity contribution >= 4 is 54.7 Å². The van der Waals surface area contributed by atoms with Crippen LogP contribution in [0.5, 0.6) is 0 Å². The van der Waals surface area contributed by atoms with Gasteiger partial charge in [-0.2, -0.15) is 9.97 Å². The van der Waals surface area contributed by atoms with Crippen LogP contribution in [0.1, 0.15) is 0 Å². The molecule has 14 rings (SSSR count). The monoisotopic (exact) mass is 908 g/mol. The van der Waals surface area contributed by atoms with E-state index < -0.39 is 0 Å². The van der Waals surface area contributed by atoms with E-state index in [0.717, 1.165) is 105 Å². The Balaban J connectivity index is 0.912. The summed E-state index contributed by atoms with van der Waals surface area (Å²) >= 11 is 0. The molecule has 0 bridgehead atoms. The first-order valence-corrected chi connectivity index (χ1v) is 23.8. The first-order chi connectivity index (χ1) is 35.2. The zero-order valence-corrected chi connectivity index (χ0v) is 38.2. The van der Waals surface area contributed by atoms with Gasteiger partial charge in [0.25, 0.3) is 0 Å². The summed E-state index contributed by atoms with van der Waals surface area (Å²) in [6.45, 7) is 0. The second-order valence-corrected chi connectivity index (χ2v) is 17.8. The van der Waals surface area contributed by atoms with Crippen molar-refractivity contribution in [2.24, 2.45) is 0 Å². The Bertz CT molecular complexity index is 4290.